The van der Waals surface area contributed by atoms with Gasteiger partial charge in [0.2, 0.25) is 0 Å². The molecule has 2 heterocycles. The van der Waals surface area contributed by atoms with E-state index in [1.807, 2.05) is 36.4 Å². The molecule has 0 unspecified atom stereocenters. The monoisotopic (exact) mass is 350 g/mol. The van der Waals surface area contributed by atoms with Gasteiger partial charge in [-0.15, -0.1) is 0 Å². The first-order valence-electron chi connectivity index (χ1n) is 8.76. The lowest BCUT2D eigenvalue weighted by Crippen LogP contribution is -2.31. The summed E-state index contributed by atoms with van der Waals surface area (Å²) in [6.07, 6.45) is 5.36. The summed E-state index contributed by atoms with van der Waals surface area (Å²) in [5, 5.41) is 0. The standard InChI is InChI=1S/C21H22N2O3/c1-2-3-14-25-18-11-9-17(10-12-18)21(24)23(16-19-7-6-15-26-19)20-8-4-5-13-22-20/h4-13,15H,2-3,14,16H2,1H3. The van der Waals surface area contributed by atoms with Gasteiger partial charge in [0.1, 0.15) is 17.3 Å². The molecule has 0 saturated carbocycles. The number of hydrogen-bond acceptors (Lipinski definition) is 4. The summed E-state index contributed by atoms with van der Waals surface area (Å²) in [4.78, 5) is 19.0. The van der Waals surface area contributed by atoms with Crippen LogP contribution in [0.25, 0.3) is 0 Å². The van der Waals surface area contributed by atoms with Gasteiger partial charge in [0, 0.05) is 11.8 Å². The fraction of sp³-hybridized carbons (Fsp3) is 0.238. The van der Waals surface area contributed by atoms with Crippen molar-refractivity contribution in [2.75, 3.05) is 11.5 Å². The second kappa shape index (κ2) is 8.85. The minimum atomic E-state index is -0.139. The second-order valence-corrected chi connectivity index (χ2v) is 5.88. The molecule has 1 aromatic carbocycles. The molecule has 0 atom stereocenters. The summed E-state index contributed by atoms with van der Waals surface area (Å²) in [6, 6.07) is 16.3. The number of hydrogen-bond donors (Lipinski definition) is 0. The number of carbonyl (C=O) groups is 1. The van der Waals surface area contributed by atoms with Gasteiger partial charge >= 0.3 is 0 Å². The van der Waals surface area contributed by atoms with Crippen LogP contribution in [0.5, 0.6) is 5.75 Å². The van der Waals surface area contributed by atoms with Gasteiger partial charge in [0.05, 0.1) is 19.4 Å². The number of anilines is 1. The van der Waals surface area contributed by atoms with Crippen LogP contribution in [0, 0.1) is 0 Å². The number of rotatable bonds is 8. The van der Waals surface area contributed by atoms with Crippen LogP contribution in [-0.4, -0.2) is 17.5 Å². The maximum atomic E-state index is 13.0. The highest BCUT2D eigenvalue weighted by Gasteiger charge is 2.20. The van der Waals surface area contributed by atoms with Crippen molar-refractivity contribution in [2.24, 2.45) is 0 Å². The molecule has 0 saturated heterocycles. The lowest BCUT2D eigenvalue weighted by molar-refractivity contribution is 0.0982. The van der Waals surface area contributed by atoms with Crippen molar-refractivity contribution in [3.63, 3.8) is 0 Å². The van der Waals surface area contributed by atoms with Gasteiger partial charge in [-0.1, -0.05) is 19.4 Å². The Morgan fingerprint density at radius 1 is 1.12 bits per heavy atom. The molecule has 0 aliphatic carbocycles. The first kappa shape index (κ1) is 17.7. The molecular weight excluding hydrogens is 328 g/mol. The summed E-state index contributed by atoms with van der Waals surface area (Å²) >= 11 is 0. The summed E-state index contributed by atoms with van der Waals surface area (Å²) in [5.74, 6) is 1.91. The number of aromatic nitrogens is 1. The van der Waals surface area contributed by atoms with Crippen molar-refractivity contribution in [3.05, 3.63) is 78.4 Å². The van der Waals surface area contributed by atoms with E-state index in [4.69, 9.17) is 9.15 Å². The zero-order valence-electron chi connectivity index (χ0n) is 14.8. The van der Waals surface area contributed by atoms with E-state index < -0.39 is 0 Å². The maximum absolute atomic E-state index is 13.0. The Morgan fingerprint density at radius 3 is 2.62 bits per heavy atom. The first-order chi connectivity index (χ1) is 12.8. The molecule has 0 fully saturated rings. The van der Waals surface area contributed by atoms with Crippen molar-refractivity contribution in [1.29, 1.82) is 0 Å². The van der Waals surface area contributed by atoms with Gasteiger partial charge in [-0.05, 0) is 55.0 Å². The van der Waals surface area contributed by atoms with Gasteiger partial charge in [0.25, 0.3) is 5.91 Å². The number of carbonyl (C=O) groups excluding carboxylic acids is 1. The Hall–Kier alpha value is -3.08. The second-order valence-electron chi connectivity index (χ2n) is 5.88. The Kier molecular flexibility index (Phi) is 6.04. The number of furan rings is 1. The van der Waals surface area contributed by atoms with E-state index in [2.05, 4.69) is 11.9 Å². The van der Waals surface area contributed by atoms with Crippen LogP contribution in [0.4, 0.5) is 5.82 Å². The van der Waals surface area contributed by atoms with Gasteiger partial charge in [-0.25, -0.2) is 4.98 Å². The number of pyridine rings is 1. The molecule has 5 heteroatoms. The Bertz CT molecular complexity index is 799. The summed E-state index contributed by atoms with van der Waals surface area (Å²) in [6.45, 7) is 3.12. The lowest BCUT2D eigenvalue weighted by atomic mass is 10.2. The highest BCUT2D eigenvalue weighted by Crippen LogP contribution is 2.20. The molecule has 0 aliphatic heterocycles. The molecule has 0 bridgehead atoms. The Morgan fingerprint density at radius 2 is 1.96 bits per heavy atom. The number of ether oxygens (including phenoxy) is 1. The number of unbranched alkanes of at least 4 members (excludes halogenated alkanes) is 1. The first-order valence-corrected chi connectivity index (χ1v) is 8.76. The van der Waals surface area contributed by atoms with Crippen LogP contribution < -0.4 is 9.64 Å². The Balaban J connectivity index is 1.78. The SMILES string of the molecule is CCCCOc1ccc(C(=O)N(Cc2ccco2)c2ccccn2)cc1. The molecule has 0 aliphatic rings. The van der Waals surface area contributed by atoms with E-state index in [1.165, 1.54) is 0 Å². The van der Waals surface area contributed by atoms with E-state index in [1.54, 1.807) is 35.6 Å². The average Bonchev–Trinajstić information content (AvgIpc) is 3.20. The zero-order chi connectivity index (χ0) is 18.2. The van der Waals surface area contributed by atoms with E-state index >= 15 is 0 Å². The highest BCUT2D eigenvalue weighted by molar-refractivity contribution is 6.05. The van der Waals surface area contributed by atoms with Crippen LogP contribution in [0.1, 0.15) is 35.9 Å². The van der Waals surface area contributed by atoms with Gasteiger partial charge < -0.3 is 9.15 Å². The van der Waals surface area contributed by atoms with E-state index in [-0.39, 0.29) is 5.91 Å². The van der Waals surface area contributed by atoms with Crippen molar-refractivity contribution >= 4 is 11.7 Å². The molecule has 0 spiro atoms. The van der Waals surface area contributed by atoms with Crippen molar-refractivity contribution < 1.29 is 13.9 Å². The molecule has 1 amide bonds. The highest BCUT2D eigenvalue weighted by atomic mass is 16.5. The topological polar surface area (TPSA) is 55.6 Å². The molecule has 3 rings (SSSR count). The van der Waals surface area contributed by atoms with Crippen LogP contribution in [0.3, 0.4) is 0 Å². The largest absolute Gasteiger partial charge is 0.494 e. The minimum Gasteiger partial charge on any atom is -0.494 e. The van der Waals surface area contributed by atoms with Crippen LogP contribution in [0.15, 0.2) is 71.5 Å². The van der Waals surface area contributed by atoms with Gasteiger partial charge in [0.15, 0.2) is 0 Å². The van der Waals surface area contributed by atoms with E-state index in [9.17, 15) is 4.79 Å². The third-order valence-electron chi connectivity index (χ3n) is 3.93. The number of benzene rings is 1. The van der Waals surface area contributed by atoms with E-state index in [0.717, 1.165) is 18.6 Å². The van der Waals surface area contributed by atoms with Crippen LogP contribution in [-0.2, 0) is 6.54 Å². The quantitative estimate of drug-likeness (QED) is 0.553. The number of nitrogens with zero attached hydrogens (tertiary/aromatic N) is 2. The van der Waals surface area contributed by atoms with Crippen molar-refractivity contribution in [3.8, 4) is 5.75 Å². The van der Waals surface area contributed by atoms with Crippen molar-refractivity contribution in [2.45, 2.75) is 26.3 Å². The molecule has 2 aromatic heterocycles. The fourth-order valence-corrected chi connectivity index (χ4v) is 2.51. The van der Waals surface area contributed by atoms with Crippen LogP contribution >= 0.6 is 0 Å². The molecule has 134 valence electrons. The predicted octanol–water partition coefficient (Wildman–Crippen LogP) is 4.70. The molecule has 26 heavy (non-hydrogen) atoms. The van der Waals surface area contributed by atoms with Crippen molar-refractivity contribution in [1.82, 2.24) is 4.98 Å². The third kappa shape index (κ3) is 4.51. The number of amides is 1. The maximum Gasteiger partial charge on any atom is 0.259 e. The molecule has 5 nitrogen and oxygen atoms in total. The minimum absolute atomic E-state index is 0.139. The normalized spacial score (nSPS) is 10.5. The third-order valence-corrected chi connectivity index (χ3v) is 3.93. The predicted molar refractivity (Wildman–Crippen MR) is 100 cm³/mol. The summed E-state index contributed by atoms with van der Waals surface area (Å²) in [5.41, 5.74) is 0.574. The average molecular weight is 350 g/mol. The zero-order valence-corrected chi connectivity index (χ0v) is 14.8. The van der Waals surface area contributed by atoms with Gasteiger partial charge in [-0.3, -0.25) is 9.69 Å². The van der Waals surface area contributed by atoms with Gasteiger partial charge in [-0.2, -0.15) is 0 Å². The molecular formula is C21H22N2O3. The van der Waals surface area contributed by atoms with Crippen LogP contribution in [0.2, 0.25) is 0 Å². The summed E-state index contributed by atoms with van der Waals surface area (Å²) in [7, 11) is 0. The van der Waals surface area contributed by atoms with E-state index in [0.29, 0.717) is 30.3 Å². The molecule has 0 radical (unpaired) electrons. The molecule has 3 aromatic rings. The summed E-state index contributed by atoms with van der Waals surface area (Å²) < 4.78 is 11.1. The molecule has 0 N–H and O–H groups in total. The fourth-order valence-electron chi connectivity index (χ4n) is 2.51. The lowest BCUT2D eigenvalue weighted by Gasteiger charge is -2.21. The smallest absolute Gasteiger partial charge is 0.259 e. The Labute approximate surface area is 153 Å².